The van der Waals surface area contributed by atoms with E-state index in [1.165, 1.54) is 6.07 Å². The molecule has 2 aromatic rings. The van der Waals surface area contributed by atoms with Crippen molar-refractivity contribution in [2.75, 3.05) is 18.4 Å². The summed E-state index contributed by atoms with van der Waals surface area (Å²) in [6.07, 6.45) is 6.32. The van der Waals surface area contributed by atoms with Gasteiger partial charge in [-0.1, -0.05) is 32.4 Å². The molecule has 0 aliphatic carbocycles. The lowest BCUT2D eigenvalue weighted by Gasteiger charge is -2.25. The van der Waals surface area contributed by atoms with Crippen LogP contribution in [0.15, 0.2) is 36.5 Å². The predicted octanol–water partition coefficient (Wildman–Crippen LogP) is 5.35. The normalized spacial score (nSPS) is 21.4. The number of hydrogen-bond acceptors (Lipinski definition) is 4. The Morgan fingerprint density at radius 2 is 2.09 bits per heavy atom. The lowest BCUT2D eigenvalue weighted by Crippen LogP contribution is -2.29. The Morgan fingerprint density at radius 1 is 1.31 bits per heavy atom. The van der Waals surface area contributed by atoms with Crippen LogP contribution in [0, 0.1) is 11.7 Å². The fourth-order valence-corrected chi connectivity index (χ4v) is 4.29. The topological polar surface area (TPSA) is 62.3 Å². The standard InChI is InChI=1S/C20H22FN3O.C6H12O/c1-13-6-7-24(12-13)19(25)15-8-14-10-20(2,23-18(14)22-11-15)16-4-3-5-17(21)9-16;1-3-4-5-6(2)7/h3-5,8-9,11,13H,6-7,10,12H2,1-2H3,(H,22,23);3-5H2,1-2H3/t13-,20+;/m0./s1. The van der Waals surface area contributed by atoms with Crippen molar-refractivity contribution in [3.05, 3.63) is 59.0 Å². The molecule has 6 heteroatoms. The number of hydrogen-bond donors (Lipinski definition) is 1. The number of likely N-dealkylation sites (tertiary alicyclic amines) is 1. The van der Waals surface area contributed by atoms with Gasteiger partial charge in [0.15, 0.2) is 0 Å². The minimum atomic E-state index is -0.415. The number of benzene rings is 1. The smallest absolute Gasteiger partial charge is 0.255 e. The monoisotopic (exact) mass is 439 g/mol. The second-order valence-electron chi connectivity index (χ2n) is 9.33. The van der Waals surface area contributed by atoms with Gasteiger partial charge in [0.2, 0.25) is 0 Å². The molecule has 32 heavy (non-hydrogen) atoms. The third-order valence-electron chi connectivity index (χ3n) is 6.21. The van der Waals surface area contributed by atoms with Crippen LogP contribution in [0.4, 0.5) is 10.2 Å². The van der Waals surface area contributed by atoms with E-state index in [4.69, 9.17) is 0 Å². The fraction of sp³-hybridized carbons (Fsp3) is 0.500. The number of halogens is 1. The molecular formula is C26H34FN3O2. The van der Waals surface area contributed by atoms with Gasteiger partial charge in [-0.25, -0.2) is 9.37 Å². The Bertz CT molecular complexity index is 977. The predicted molar refractivity (Wildman–Crippen MR) is 125 cm³/mol. The summed E-state index contributed by atoms with van der Waals surface area (Å²) in [5.74, 6) is 1.45. The van der Waals surface area contributed by atoms with Crippen molar-refractivity contribution in [3.8, 4) is 0 Å². The lowest BCUT2D eigenvalue weighted by molar-refractivity contribution is -0.117. The first-order valence-corrected chi connectivity index (χ1v) is 11.5. The van der Waals surface area contributed by atoms with Gasteiger partial charge < -0.3 is 15.0 Å². The molecule has 4 rings (SSSR count). The highest BCUT2D eigenvalue weighted by molar-refractivity contribution is 5.94. The summed E-state index contributed by atoms with van der Waals surface area (Å²) in [6, 6.07) is 8.57. The highest BCUT2D eigenvalue weighted by Crippen LogP contribution is 2.38. The summed E-state index contributed by atoms with van der Waals surface area (Å²) in [7, 11) is 0. The maximum absolute atomic E-state index is 13.6. The minimum Gasteiger partial charge on any atom is -0.360 e. The van der Waals surface area contributed by atoms with Gasteiger partial charge in [0.05, 0.1) is 11.1 Å². The van der Waals surface area contributed by atoms with Crippen molar-refractivity contribution >= 4 is 17.5 Å². The van der Waals surface area contributed by atoms with E-state index in [0.29, 0.717) is 23.7 Å². The van der Waals surface area contributed by atoms with Crippen molar-refractivity contribution in [1.82, 2.24) is 9.88 Å². The van der Waals surface area contributed by atoms with Gasteiger partial charge in [-0.2, -0.15) is 0 Å². The van der Waals surface area contributed by atoms with Crippen LogP contribution in [0.25, 0.3) is 0 Å². The number of nitrogens with one attached hydrogen (secondary N) is 1. The summed E-state index contributed by atoms with van der Waals surface area (Å²) in [5, 5.41) is 3.39. The lowest BCUT2D eigenvalue weighted by atomic mass is 9.89. The number of carbonyl (C=O) groups excluding carboxylic acids is 2. The molecule has 0 spiro atoms. The quantitative estimate of drug-likeness (QED) is 0.682. The van der Waals surface area contributed by atoms with E-state index in [-0.39, 0.29) is 11.7 Å². The van der Waals surface area contributed by atoms with Crippen LogP contribution in [0.3, 0.4) is 0 Å². The van der Waals surface area contributed by atoms with E-state index in [1.807, 2.05) is 24.0 Å². The van der Waals surface area contributed by atoms with Crippen LogP contribution >= 0.6 is 0 Å². The molecule has 0 radical (unpaired) electrons. The molecule has 3 heterocycles. The maximum atomic E-state index is 13.6. The highest BCUT2D eigenvalue weighted by atomic mass is 19.1. The second-order valence-corrected chi connectivity index (χ2v) is 9.33. The average Bonchev–Trinajstić information content (AvgIpc) is 3.34. The molecule has 1 N–H and O–H groups in total. The molecule has 2 aliphatic heterocycles. The number of pyridine rings is 1. The molecule has 1 aromatic heterocycles. The Morgan fingerprint density at radius 3 is 2.69 bits per heavy atom. The van der Waals surface area contributed by atoms with Gasteiger partial charge in [0, 0.05) is 32.1 Å². The molecule has 0 saturated carbocycles. The van der Waals surface area contributed by atoms with Crippen molar-refractivity contribution < 1.29 is 14.0 Å². The second kappa shape index (κ2) is 10.2. The number of carbonyl (C=O) groups is 2. The third kappa shape index (κ3) is 5.72. The first-order chi connectivity index (χ1) is 15.2. The van der Waals surface area contributed by atoms with E-state index in [0.717, 1.165) is 55.7 Å². The van der Waals surface area contributed by atoms with Gasteiger partial charge in [-0.15, -0.1) is 0 Å². The van der Waals surface area contributed by atoms with E-state index < -0.39 is 5.54 Å². The molecule has 2 atom stereocenters. The number of unbranched alkanes of at least 4 members (excludes halogenated alkanes) is 1. The summed E-state index contributed by atoms with van der Waals surface area (Å²) < 4.78 is 13.6. The van der Waals surface area contributed by atoms with Crippen LogP contribution < -0.4 is 5.32 Å². The van der Waals surface area contributed by atoms with E-state index in [9.17, 15) is 14.0 Å². The van der Waals surface area contributed by atoms with Gasteiger partial charge in [-0.3, -0.25) is 4.79 Å². The summed E-state index contributed by atoms with van der Waals surface area (Å²) in [5.41, 5.74) is 2.11. The molecule has 2 aliphatic rings. The third-order valence-corrected chi connectivity index (χ3v) is 6.21. The number of fused-ring (bicyclic) bond motifs is 1. The van der Waals surface area contributed by atoms with Crippen LogP contribution in [0.1, 0.15) is 74.9 Å². The van der Waals surface area contributed by atoms with Crippen LogP contribution in [0.5, 0.6) is 0 Å². The average molecular weight is 440 g/mol. The van der Waals surface area contributed by atoms with E-state index in [1.54, 1.807) is 25.3 Å². The van der Waals surface area contributed by atoms with Gasteiger partial charge >= 0.3 is 0 Å². The van der Waals surface area contributed by atoms with Gasteiger partial charge in [0.1, 0.15) is 17.4 Å². The maximum Gasteiger partial charge on any atom is 0.255 e. The number of nitrogens with zero attached hydrogens (tertiary/aromatic N) is 2. The highest BCUT2D eigenvalue weighted by Gasteiger charge is 2.36. The molecular weight excluding hydrogens is 405 g/mol. The van der Waals surface area contributed by atoms with Crippen LogP contribution in [-0.4, -0.2) is 34.7 Å². The Kier molecular flexibility index (Phi) is 7.64. The number of Topliss-reactive ketones (excluding diaryl/α,β-unsaturated/α-hetero) is 1. The molecule has 0 bridgehead atoms. The van der Waals surface area contributed by atoms with Crippen LogP contribution in [-0.2, 0) is 16.8 Å². The molecule has 1 fully saturated rings. The zero-order chi connectivity index (χ0) is 23.3. The summed E-state index contributed by atoms with van der Waals surface area (Å²) in [4.78, 5) is 29.3. The molecule has 172 valence electrons. The molecule has 1 aromatic carbocycles. The number of anilines is 1. The zero-order valence-electron chi connectivity index (χ0n) is 19.6. The largest absolute Gasteiger partial charge is 0.360 e. The Hall–Kier alpha value is -2.76. The minimum absolute atomic E-state index is 0.0546. The van der Waals surface area contributed by atoms with Crippen LogP contribution in [0.2, 0.25) is 0 Å². The molecule has 1 amide bonds. The van der Waals surface area contributed by atoms with Crippen molar-refractivity contribution in [2.24, 2.45) is 5.92 Å². The zero-order valence-corrected chi connectivity index (χ0v) is 19.6. The first kappa shape index (κ1) is 23.9. The van der Waals surface area contributed by atoms with Crippen molar-refractivity contribution in [1.29, 1.82) is 0 Å². The molecule has 0 unspecified atom stereocenters. The Labute approximate surface area is 190 Å². The van der Waals surface area contributed by atoms with Gasteiger partial charge in [-0.05, 0) is 61.9 Å². The van der Waals surface area contributed by atoms with Gasteiger partial charge in [0.25, 0.3) is 5.91 Å². The van der Waals surface area contributed by atoms with Crippen molar-refractivity contribution in [2.45, 2.75) is 65.3 Å². The number of ketones is 1. The van der Waals surface area contributed by atoms with Crippen molar-refractivity contribution in [3.63, 3.8) is 0 Å². The number of aromatic nitrogens is 1. The first-order valence-electron chi connectivity index (χ1n) is 11.5. The molecule has 1 saturated heterocycles. The fourth-order valence-electron chi connectivity index (χ4n) is 4.29. The number of rotatable bonds is 5. The summed E-state index contributed by atoms with van der Waals surface area (Å²) >= 11 is 0. The van der Waals surface area contributed by atoms with E-state index in [2.05, 4.69) is 24.1 Å². The number of amides is 1. The molecule has 5 nitrogen and oxygen atoms in total. The van der Waals surface area contributed by atoms with E-state index >= 15 is 0 Å². The SMILES string of the molecule is CCCCC(C)=O.C[C@H]1CCN(C(=O)c2cnc3c(c2)C[C@](C)(c2cccc(F)c2)N3)C1. The Balaban J connectivity index is 0.000000360. The summed E-state index contributed by atoms with van der Waals surface area (Å²) in [6.45, 7) is 9.56.